The number of phenols is 1. The van der Waals surface area contributed by atoms with E-state index in [0.29, 0.717) is 11.4 Å². The SMILES string of the molecule is Cc1ccc(N/C=C(/C#N)C(=O)NCc2ccco2)c(O)c1. The zero-order valence-electron chi connectivity index (χ0n) is 12.0. The molecule has 0 fully saturated rings. The summed E-state index contributed by atoms with van der Waals surface area (Å²) in [6, 6.07) is 10.3. The van der Waals surface area contributed by atoms with Gasteiger partial charge in [-0.1, -0.05) is 6.07 Å². The minimum Gasteiger partial charge on any atom is -0.506 e. The molecule has 6 heteroatoms. The van der Waals surface area contributed by atoms with Gasteiger partial charge in [-0.3, -0.25) is 4.79 Å². The lowest BCUT2D eigenvalue weighted by Gasteiger charge is -2.06. The fraction of sp³-hybridized carbons (Fsp3) is 0.125. The van der Waals surface area contributed by atoms with E-state index in [9.17, 15) is 9.90 Å². The average molecular weight is 297 g/mol. The van der Waals surface area contributed by atoms with E-state index in [-0.39, 0.29) is 17.9 Å². The quantitative estimate of drug-likeness (QED) is 0.447. The fourth-order valence-electron chi connectivity index (χ4n) is 1.74. The van der Waals surface area contributed by atoms with Gasteiger partial charge in [0.2, 0.25) is 0 Å². The van der Waals surface area contributed by atoms with Gasteiger partial charge in [0.05, 0.1) is 18.5 Å². The van der Waals surface area contributed by atoms with Gasteiger partial charge < -0.3 is 20.2 Å². The van der Waals surface area contributed by atoms with Gasteiger partial charge in [-0.15, -0.1) is 0 Å². The van der Waals surface area contributed by atoms with Crippen molar-refractivity contribution in [3.63, 3.8) is 0 Å². The third-order valence-electron chi connectivity index (χ3n) is 2.89. The summed E-state index contributed by atoms with van der Waals surface area (Å²) < 4.78 is 5.09. The Balaban J connectivity index is 2.00. The maximum atomic E-state index is 11.9. The van der Waals surface area contributed by atoms with Crippen LogP contribution in [-0.2, 0) is 11.3 Å². The summed E-state index contributed by atoms with van der Waals surface area (Å²) in [4.78, 5) is 11.9. The molecule has 0 spiro atoms. The minimum absolute atomic E-state index is 0.0459. The second kappa shape index (κ2) is 6.99. The molecule has 22 heavy (non-hydrogen) atoms. The fourth-order valence-corrected chi connectivity index (χ4v) is 1.74. The standard InChI is InChI=1S/C16H15N3O3/c1-11-4-5-14(15(20)7-11)18-9-12(8-17)16(21)19-10-13-3-2-6-22-13/h2-7,9,18,20H,10H2,1H3,(H,19,21)/b12-9-. The first-order valence-corrected chi connectivity index (χ1v) is 6.57. The number of hydrogen-bond acceptors (Lipinski definition) is 5. The van der Waals surface area contributed by atoms with Crippen LogP contribution in [0.15, 0.2) is 52.8 Å². The van der Waals surface area contributed by atoms with Crippen LogP contribution in [0.1, 0.15) is 11.3 Å². The van der Waals surface area contributed by atoms with E-state index in [0.717, 1.165) is 5.56 Å². The molecule has 0 saturated carbocycles. The number of amides is 1. The monoisotopic (exact) mass is 297 g/mol. The molecule has 3 N–H and O–H groups in total. The number of furan rings is 1. The highest BCUT2D eigenvalue weighted by Crippen LogP contribution is 2.23. The first-order chi connectivity index (χ1) is 10.6. The van der Waals surface area contributed by atoms with Gasteiger partial charge in [-0.2, -0.15) is 5.26 Å². The molecule has 2 rings (SSSR count). The van der Waals surface area contributed by atoms with E-state index in [1.165, 1.54) is 12.5 Å². The number of carbonyl (C=O) groups is 1. The molecule has 0 aliphatic rings. The van der Waals surface area contributed by atoms with Crippen LogP contribution in [0, 0.1) is 18.3 Å². The van der Waals surface area contributed by atoms with Crippen LogP contribution in [0.5, 0.6) is 5.75 Å². The smallest absolute Gasteiger partial charge is 0.263 e. The summed E-state index contributed by atoms with van der Waals surface area (Å²) in [7, 11) is 0. The lowest BCUT2D eigenvalue weighted by molar-refractivity contribution is -0.117. The van der Waals surface area contributed by atoms with Gasteiger partial charge in [0.25, 0.3) is 5.91 Å². The van der Waals surface area contributed by atoms with Crippen LogP contribution < -0.4 is 10.6 Å². The number of benzene rings is 1. The molecule has 0 bridgehead atoms. The predicted molar refractivity (Wildman–Crippen MR) is 80.7 cm³/mol. The van der Waals surface area contributed by atoms with E-state index in [1.54, 1.807) is 30.3 Å². The van der Waals surface area contributed by atoms with E-state index >= 15 is 0 Å². The lowest BCUT2D eigenvalue weighted by Crippen LogP contribution is -2.24. The Kier molecular flexibility index (Phi) is 4.83. The summed E-state index contributed by atoms with van der Waals surface area (Å²) >= 11 is 0. The molecule has 0 unspecified atom stereocenters. The molecular weight excluding hydrogens is 282 g/mol. The zero-order chi connectivity index (χ0) is 15.9. The van der Waals surface area contributed by atoms with Gasteiger partial charge >= 0.3 is 0 Å². The molecule has 1 heterocycles. The van der Waals surface area contributed by atoms with Gasteiger partial charge in [0.15, 0.2) is 0 Å². The van der Waals surface area contributed by atoms with Crippen molar-refractivity contribution in [2.24, 2.45) is 0 Å². The number of anilines is 1. The Morgan fingerprint density at radius 1 is 1.45 bits per heavy atom. The number of nitrogens with zero attached hydrogens (tertiary/aromatic N) is 1. The van der Waals surface area contributed by atoms with Gasteiger partial charge in [0, 0.05) is 6.20 Å². The van der Waals surface area contributed by atoms with E-state index < -0.39 is 5.91 Å². The van der Waals surface area contributed by atoms with Crippen molar-refractivity contribution in [3.05, 3.63) is 59.7 Å². The van der Waals surface area contributed by atoms with Gasteiger partial charge in [-0.25, -0.2) is 0 Å². The maximum Gasteiger partial charge on any atom is 0.263 e. The third-order valence-corrected chi connectivity index (χ3v) is 2.89. The highest BCUT2D eigenvalue weighted by Gasteiger charge is 2.09. The number of hydrogen-bond donors (Lipinski definition) is 3. The normalized spacial score (nSPS) is 10.8. The molecule has 0 atom stereocenters. The number of aromatic hydroxyl groups is 1. The summed E-state index contributed by atoms with van der Waals surface area (Å²) in [5.41, 5.74) is 1.22. The molecule has 0 aliphatic heterocycles. The number of nitriles is 1. The molecule has 1 aromatic heterocycles. The Labute approximate surface area is 127 Å². The van der Waals surface area contributed by atoms with Gasteiger partial charge in [0.1, 0.15) is 23.2 Å². The van der Waals surface area contributed by atoms with E-state index in [1.807, 2.05) is 13.0 Å². The summed E-state index contributed by atoms with van der Waals surface area (Å²) in [5.74, 6) is 0.109. The van der Waals surface area contributed by atoms with Crippen LogP contribution in [0.2, 0.25) is 0 Å². The van der Waals surface area contributed by atoms with Crippen LogP contribution in [0.25, 0.3) is 0 Å². The van der Waals surface area contributed by atoms with Crippen LogP contribution >= 0.6 is 0 Å². The van der Waals surface area contributed by atoms with Crippen molar-refractivity contribution in [2.45, 2.75) is 13.5 Å². The number of rotatable bonds is 5. The van der Waals surface area contributed by atoms with Crippen molar-refractivity contribution < 1.29 is 14.3 Å². The topological polar surface area (TPSA) is 98.3 Å². The highest BCUT2D eigenvalue weighted by atomic mass is 16.3. The van der Waals surface area contributed by atoms with Crippen molar-refractivity contribution in [2.75, 3.05) is 5.32 Å². The Morgan fingerprint density at radius 2 is 2.27 bits per heavy atom. The number of nitrogens with one attached hydrogen (secondary N) is 2. The van der Waals surface area contributed by atoms with Crippen molar-refractivity contribution in [1.82, 2.24) is 5.32 Å². The first kappa shape index (κ1) is 15.2. The first-order valence-electron chi connectivity index (χ1n) is 6.57. The molecular formula is C16H15N3O3. The molecule has 0 saturated heterocycles. The van der Waals surface area contributed by atoms with Crippen LogP contribution in [0.3, 0.4) is 0 Å². The number of aryl methyl sites for hydroxylation is 1. The van der Waals surface area contributed by atoms with Gasteiger partial charge in [-0.05, 0) is 36.8 Å². The lowest BCUT2D eigenvalue weighted by atomic mass is 10.2. The molecule has 1 amide bonds. The van der Waals surface area contributed by atoms with E-state index in [4.69, 9.17) is 9.68 Å². The Morgan fingerprint density at radius 3 is 2.91 bits per heavy atom. The predicted octanol–water partition coefficient (Wildman–Crippen LogP) is 2.43. The largest absolute Gasteiger partial charge is 0.506 e. The Hall–Kier alpha value is -3.20. The summed E-state index contributed by atoms with van der Waals surface area (Å²) in [6.07, 6.45) is 2.76. The maximum absolute atomic E-state index is 11.9. The van der Waals surface area contributed by atoms with Crippen LogP contribution in [0.4, 0.5) is 5.69 Å². The molecule has 112 valence electrons. The molecule has 2 aromatic rings. The van der Waals surface area contributed by atoms with Crippen molar-refractivity contribution in [3.8, 4) is 11.8 Å². The second-order valence-electron chi connectivity index (χ2n) is 4.60. The third kappa shape index (κ3) is 3.90. The summed E-state index contributed by atoms with van der Waals surface area (Å²) in [6.45, 7) is 2.04. The van der Waals surface area contributed by atoms with Crippen molar-refractivity contribution in [1.29, 1.82) is 5.26 Å². The molecule has 6 nitrogen and oxygen atoms in total. The van der Waals surface area contributed by atoms with Crippen LogP contribution in [-0.4, -0.2) is 11.0 Å². The van der Waals surface area contributed by atoms with Crippen molar-refractivity contribution >= 4 is 11.6 Å². The minimum atomic E-state index is -0.530. The zero-order valence-corrected chi connectivity index (χ0v) is 12.0. The second-order valence-corrected chi connectivity index (χ2v) is 4.60. The highest BCUT2D eigenvalue weighted by molar-refractivity contribution is 5.97. The summed E-state index contributed by atoms with van der Waals surface area (Å²) in [5, 5.41) is 24.1. The van der Waals surface area contributed by atoms with E-state index in [2.05, 4.69) is 10.6 Å². The average Bonchev–Trinajstić information content (AvgIpc) is 3.01. The molecule has 0 aliphatic carbocycles. The molecule has 0 radical (unpaired) electrons. The number of phenolic OH excluding ortho intramolecular Hbond substituents is 1. The number of carbonyl (C=O) groups excluding carboxylic acids is 1. The molecule has 1 aromatic carbocycles. The Bertz CT molecular complexity index is 728.